The van der Waals surface area contributed by atoms with Crippen LogP contribution >= 0.6 is 11.6 Å². The van der Waals surface area contributed by atoms with Gasteiger partial charge in [-0.25, -0.2) is 0 Å². The molecule has 1 saturated carbocycles. The first kappa shape index (κ1) is 13.4. The Labute approximate surface area is 113 Å². The Balaban J connectivity index is 1.91. The lowest BCUT2D eigenvalue weighted by atomic mass is 10.1. The van der Waals surface area contributed by atoms with Crippen LogP contribution < -0.4 is 10.6 Å². The Kier molecular flexibility index (Phi) is 4.25. The van der Waals surface area contributed by atoms with Crippen molar-refractivity contribution in [2.24, 2.45) is 0 Å². The molecule has 1 aliphatic carbocycles. The zero-order chi connectivity index (χ0) is 13.1. The second-order valence-corrected chi connectivity index (χ2v) is 5.32. The van der Waals surface area contributed by atoms with Crippen LogP contribution in [0.15, 0.2) is 24.3 Å². The van der Waals surface area contributed by atoms with Gasteiger partial charge in [0.25, 0.3) is 0 Å². The number of hydrogen-bond acceptors (Lipinski definition) is 2. The maximum absolute atomic E-state index is 11.8. The van der Waals surface area contributed by atoms with Gasteiger partial charge in [0.05, 0.1) is 6.04 Å². The Hall–Kier alpha value is -1.06. The highest BCUT2D eigenvalue weighted by Gasteiger charge is 2.26. The number of benzene rings is 1. The topological polar surface area (TPSA) is 41.1 Å². The third-order valence-electron chi connectivity index (χ3n) is 3.19. The van der Waals surface area contributed by atoms with Crippen molar-refractivity contribution >= 4 is 17.5 Å². The largest absolute Gasteiger partial charge is 0.352 e. The van der Waals surface area contributed by atoms with E-state index in [1.54, 1.807) is 0 Å². The third-order valence-corrected chi connectivity index (χ3v) is 3.53. The molecule has 0 radical (unpaired) electrons. The Morgan fingerprint density at radius 1 is 1.33 bits per heavy atom. The van der Waals surface area contributed by atoms with E-state index < -0.39 is 0 Å². The average Bonchev–Trinajstić information content (AvgIpc) is 3.13. The standard InChI is InChI=1S/C14H19ClN2O/c1-9(12-5-3-4-6-13(12)15)16-10(2)14(18)17-11-7-8-11/h3-6,9-11,16H,7-8H2,1-2H3,(H,17,18)/t9-,10?/m0/s1. The van der Waals surface area contributed by atoms with E-state index in [2.05, 4.69) is 10.6 Å². The highest BCUT2D eigenvalue weighted by atomic mass is 35.5. The van der Waals surface area contributed by atoms with Crippen molar-refractivity contribution in [1.82, 2.24) is 10.6 Å². The number of carbonyl (C=O) groups excluding carboxylic acids is 1. The van der Waals surface area contributed by atoms with Gasteiger partial charge in [-0.3, -0.25) is 10.1 Å². The van der Waals surface area contributed by atoms with E-state index in [1.807, 2.05) is 38.1 Å². The van der Waals surface area contributed by atoms with Crippen LogP contribution in [-0.4, -0.2) is 18.0 Å². The molecule has 0 spiro atoms. The molecule has 2 atom stereocenters. The fraction of sp³-hybridized carbons (Fsp3) is 0.500. The summed E-state index contributed by atoms with van der Waals surface area (Å²) in [4.78, 5) is 11.8. The fourth-order valence-corrected chi connectivity index (χ4v) is 2.22. The molecular formula is C14H19ClN2O. The highest BCUT2D eigenvalue weighted by Crippen LogP contribution is 2.23. The molecule has 4 heteroatoms. The van der Waals surface area contributed by atoms with Gasteiger partial charge in [-0.2, -0.15) is 0 Å². The number of nitrogens with one attached hydrogen (secondary N) is 2. The van der Waals surface area contributed by atoms with Gasteiger partial charge in [0.15, 0.2) is 0 Å². The molecule has 2 N–H and O–H groups in total. The lowest BCUT2D eigenvalue weighted by Crippen LogP contribution is -2.43. The SMILES string of the molecule is CC(N[C@@H](C)c1ccccc1Cl)C(=O)NC1CC1. The molecule has 1 aromatic rings. The lowest BCUT2D eigenvalue weighted by molar-refractivity contribution is -0.123. The zero-order valence-electron chi connectivity index (χ0n) is 10.7. The van der Waals surface area contributed by atoms with Crippen molar-refractivity contribution in [2.45, 2.75) is 44.8 Å². The van der Waals surface area contributed by atoms with Crippen LogP contribution in [0.3, 0.4) is 0 Å². The fourth-order valence-electron chi connectivity index (χ4n) is 1.92. The molecule has 0 aliphatic heterocycles. The van der Waals surface area contributed by atoms with Crippen molar-refractivity contribution in [3.63, 3.8) is 0 Å². The van der Waals surface area contributed by atoms with Crippen LogP contribution in [0, 0.1) is 0 Å². The summed E-state index contributed by atoms with van der Waals surface area (Å²) in [6.45, 7) is 3.90. The number of carbonyl (C=O) groups is 1. The second-order valence-electron chi connectivity index (χ2n) is 4.91. The first-order valence-electron chi connectivity index (χ1n) is 6.39. The Morgan fingerprint density at radius 2 is 2.00 bits per heavy atom. The molecular weight excluding hydrogens is 248 g/mol. The van der Waals surface area contributed by atoms with Crippen molar-refractivity contribution < 1.29 is 4.79 Å². The summed E-state index contributed by atoms with van der Waals surface area (Å²) in [6.07, 6.45) is 2.22. The Morgan fingerprint density at radius 3 is 2.61 bits per heavy atom. The van der Waals surface area contributed by atoms with E-state index >= 15 is 0 Å². The minimum Gasteiger partial charge on any atom is -0.352 e. The van der Waals surface area contributed by atoms with E-state index in [1.165, 1.54) is 0 Å². The number of rotatable bonds is 5. The van der Waals surface area contributed by atoms with Crippen LogP contribution in [0.1, 0.15) is 38.3 Å². The van der Waals surface area contributed by atoms with Crippen LogP contribution in [0.5, 0.6) is 0 Å². The average molecular weight is 267 g/mol. The summed E-state index contributed by atoms with van der Waals surface area (Å²) in [5.41, 5.74) is 1.02. The van der Waals surface area contributed by atoms with Crippen LogP contribution in [0.25, 0.3) is 0 Å². The summed E-state index contributed by atoms with van der Waals surface area (Å²) in [6, 6.07) is 7.94. The summed E-state index contributed by atoms with van der Waals surface area (Å²) >= 11 is 6.14. The molecule has 0 bridgehead atoms. The van der Waals surface area contributed by atoms with Crippen molar-refractivity contribution in [3.8, 4) is 0 Å². The van der Waals surface area contributed by atoms with E-state index in [0.29, 0.717) is 6.04 Å². The summed E-state index contributed by atoms with van der Waals surface area (Å²) in [5, 5.41) is 6.99. The number of amides is 1. The summed E-state index contributed by atoms with van der Waals surface area (Å²) in [5.74, 6) is 0.0661. The third kappa shape index (κ3) is 3.47. The van der Waals surface area contributed by atoms with E-state index in [0.717, 1.165) is 23.4 Å². The van der Waals surface area contributed by atoms with Crippen LogP contribution in [0.2, 0.25) is 5.02 Å². The molecule has 1 aliphatic rings. The molecule has 0 saturated heterocycles. The van der Waals surface area contributed by atoms with Crippen molar-refractivity contribution in [3.05, 3.63) is 34.9 Å². The predicted octanol–water partition coefficient (Wildman–Crippen LogP) is 2.66. The molecule has 1 fully saturated rings. The first-order chi connectivity index (χ1) is 8.58. The zero-order valence-corrected chi connectivity index (χ0v) is 11.5. The monoisotopic (exact) mass is 266 g/mol. The molecule has 18 heavy (non-hydrogen) atoms. The van der Waals surface area contributed by atoms with Crippen LogP contribution in [0.4, 0.5) is 0 Å². The predicted molar refractivity (Wildman–Crippen MR) is 73.6 cm³/mol. The van der Waals surface area contributed by atoms with Gasteiger partial charge in [0, 0.05) is 17.1 Å². The minimum absolute atomic E-state index is 0.0543. The number of hydrogen-bond donors (Lipinski definition) is 2. The second kappa shape index (κ2) is 5.72. The number of halogens is 1. The van der Waals surface area contributed by atoms with E-state index in [4.69, 9.17) is 11.6 Å². The van der Waals surface area contributed by atoms with Gasteiger partial charge in [0.2, 0.25) is 5.91 Å². The molecule has 1 unspecified atom stereocenters. The molecule has 1 amide bonds. The molecule has 2 rings (SSSR count). The lowest BCUT2D eigenvalue weighted by Gasteiger charge is -2.20. The summed E-state index contributed by atoms with van der Waals surface area (Å²) in [7, 11) is 0. The van der Waals surface area contributed by atoms with Crippen LogP contribution in [-0.2, 0) is 4.79 Å². The van der Waals surface area contributed by atoms with Gasteiger partial charge >= 0.3 is 0 Å². The molecule has 98 valence electrons. The molecule has 1 aromatic carbocycles. The Bertz CT molecular complexity index is 432. The van der Waals surface area contributed by atoms with E-state index in [9.17, 15) is 4.79 Å². The van der Waals surface area contributed by atoms with Gasteiger partial charge in [-0.15, -0.1) is 0 Å². The van der Waals surface area contributed by atoms with E-state index in [-0.39, 0.29) is 18.0 Å². The quantitative estimate of drug-likeness (QED) is 0.860. The van der Waals surface area contributed by atoms with Crippen molar-refractivity contribution in [2.75, 3.05) is 0 Å². The smallest absolute Gasteiger partial charge is 0.237 e. The molecule has 0 aromatic heterocycles. The van der Waals surface area contributed by atoms with Gasteiger partial charge in [-0.1, -0.05) is 29.8 Å². The van der Waals surface area contributed by atoms with Crippen molar-refractivity contribution in [1.29, 1.82) is 0 Å². The maximum Gasteiger partial charge on any atom is 0.237 e. The maximum atomic E-state index is 11.8. The van der Waals surface area contributed by atoms with Gasteiger partial charge < -0.3 is 5.32 Å². The van der Waals surface area contributed by atoms with Gasteiger partial charge in [-0.05, 0) is 38.3 Å². The minimum atomic E-state index is -0.211. The normalized spacial score (nSPS) is 18.2. The first-order valence-corrected chi connectivity index (χ1v) is 6.76. The van der Waals surface area contributed by atoms with Gasteiger partial charge in [0.1, 0.15) is 0 Å². The summed E-state index contributed by atoms with van der Waals surface area (Å²) < 4.78 is 0. The molecule has 3 nitrogen and oxygen atoms in total. The molecule has 0 heterocycles. The highest BCUT2D eigenvalue weighted by molar-refractivity contribution is 6.31.